The van der Waals surface area contributed by atoms with Gasteiger partial charge in [0.15, 0.2) is 0 Å². The highest BCUT2D eigenvalue weighted by molar-refractivity contribution is 5.45. The molecule has 2 heterocycles. The van der Waals surface area contributed by atoms with Gasteiger partial charge < -0.3 is 5.32 Å². The fourth-order valence-corrected chi connectivity index (χ4v) is 2.98. The molecule has 0 radical (unpaired) electrons. The molecular weight excluding hydrogens is 234 g/mol. The molecule has 0 unspecified atom stereocenters. The van der Waals surface area contributed by atoms with Crippen molar-refractivity contribution < 1.29 is 0 Å². The Kier molecular flexibility index (Phi) is 5.20. The molecule has 1 fully saturated rings. The van der Waals surface area contributed by atoms with Crippen molar-refractivity contribution in [2.75, 3.05) is 18.4 Å². The third kappa shape index (κ3) is 3.47. The van der Waals surface area contributed by atoms with E-state index in [4.69, 9.17) is 0 Å². The number of anilines is 1. The highest BCUT2D eigenvalue weighted by Crippen LogP contribution is 2.35. The predicted octanol–water partition coefficient (Wildman–Crippen LogP) is 3.84. The van der Waals surface area contributed by atoms with Crippen molar-refractivity contribution in [2.24, 2.45) is 0 Å². The van der Waals surface area contributed by atoms with Gasteiger partial charge in [-0.2, -0.15) is 0 Å². The van der Waals surface area contributed by atoms with Crippen LogP contribution >= 0.6 is 0 Å². The highest BCUT2D eigenvalue weighted by Gasteiger charge is 2.27. The summed E-state index contributed by atoms with van der Waals surface area (Å²) in [6, 6.07) is 5.45. The topological polar surface area (TPSA) is 28.2 Å². The molecule has 1 saturated heterocycles. The van der Waals surface area contributed by atoms with Crippen molar-refractivity contribution in [1.82, 2.24) is 9.88 Å². The molecule has 3 heteroatoms. The number of rotatable bonds is 5. The van der Waals surface area contributed by atoms with Gasteiger partial charge in [0.25, 0.3) is 0 Å². The monoisotopic (exact) mass is 261 g/mol. The Balaban J connectivity index is 2.22. The van der Waals surface area contributed by atoms with Gasteiger partial charge in [-0.1, -0.05) is 19.4 Å². The summed E-state index contributed by atoms with van der Waals surface area (Å²) in [7, 11) is 0. The summed E-state index contributed by atoms with van der Waals surface area (Å²) >= 11 is 0. The van der Waals surface area contributed by atoms with Gasteiger partial charge in [-0.15, -0.1) is 0 Å². The van der Waals surface area contributed by atoms with Crippen molar-refractivity contribution in [3.63, 3.8) is 0 Å². The molecule has 1 aliphatic rings. The van der Waals surface area contributed by atoms with Crippen LogP contribution in [0.25, 0.3) is 0 Å². The molecule has 0 bridgehead atoms. The Labute approximate surface area is 117 Å². The number of pyridine rings is 1. The number of hydrogen-bond donors (Lipinski definition) is 1. The first-order chi connectivity index (χ1) is 9.24. The molecule has 0 aliphatic carbocycles. The Hall–Kier alpha value is -1.09. The zero-order valence-corrected chi connectivity index (χ0v) is 12.5. The second kappa shape index (κ2) is 6.90. The largest absolute Gasteiger partial charge is 0.370 e. The second-order valence-corrected chi connectivity index (χ2v) is 5.71. The Morgan fingerprint density at radius 1 is 1.42 bits per heavy atom. The molecule has 2 rings (SSSR count). The van der Waals surface area contributed by atoms with Crippen molar-refractivity contribution >= 4 is 5.82 Å². The predicted molar refractivity (Wildman–Crippen MR) is 81.5 cm³/mol. The van der Waals surface area contributed by atoms with Crippen molar-refractivity contribution in [3.8, 4) is 0 Å². The van der Waals surface area contributed by atoms with Gasteiger partial charge in [0.2, 0.25) is 0 Å². The van der Waals surface area contributed by atoms with E-state index in [0.29, 0.717) is 12.1 Å². The van der Waals surface area contributed by atoms with Gasteiger partial charge in [-0.3, -0.25) is 4.90 Å². The first-order valence-corrected chi connectivity index (χ1v) is 7.68. The van der Waals surface area contributed by atoms with Crippen molar-refractivity contribution in [1.29, 1.82) is 0 Å². The van der Waals surface area contributed by atoms with Crippen molar-refractivity contribution in [2.45, 2.75) is 58.5 Å². The molecule has 0 spiro atoms. The Bertz CT molecular complexity index is 389. The quantitative estimate of drug-likeness (QED) is 0.873. The molecule has 1 aromatic heterocycles. The molecule has 0 amide bonds. The van der Waals surface area contributed by atoms with E-state index >= 15 is 0 Å². The summed E-state index contributed by atoms with van der Waals surface area (Å²) in [5.74, 6) is 1.09. The summed E-state index contributed by atoms with van der Waals surface area (Å²) in [6.45, 7) is 9.00. The second-order valence-electron chi connectivity index (χ2n) is 5.71. The summed E-state index contributed by atoms with van der Waals surface area (Å²) < 4.78 is 0. The van der Waals surface area contributed by atoms with E-state index in [1.54, 1.807) is 0 Å². The molecule has 1 atom stereocenters. The van der Waals surface area contributed by atoms with Crippen molar-refractivity contribution in [3.05, 3.63) is 23.9 Å². The fraction of sp³-hybridized carbons (Fsp3) is 0.688. The third-order valence-electron chi connectivity index (χ3n) is 3.95. The first kappa shape index (κ1) is 14.3. The lowest BCUT2D eigenvalue weighted by Crippen LogP contribution is -2.38. The minimum Gasteiger partial charge on any atom is -0.370 e. The van der Waals surface area contributed by atoms with Gasteiger partial charge in [-0.05, 0) is 45.7 Å². The standard InChI is InChI=1S/C16H27N3/c1-4-10-17-16-14(8-7-11-18-16)15-9-5-6-12-19(15)13(2)3/h7-8,11,13,15H,4-6,9-10,12H2,1-3H3,(H,17,18)/t15-/m1/s1. The average molecular weight is 261 g/mol. The van der Waals surface area contributed by atoms with Gasteiger partial charge in [0.05, 0.1) is 0 Å². The zero-order valence-electron chi connectivity index (χ0n) is 12.5. The van der Waals surface area contributed by atoms with E-state index in [-0.39, 0.29) is 0 Å². The lowest BCUT2D eigenvalue weighted by Gasteiger charge is -2.39. The van der Waals surface area contributed by atoms with Gasteiger partial charge >= 0.3 is 0 Å². The van der Waals surface area contributed by atoms with Gasteiger partial charge in [0.1, 0.15) is 5.82 Å². The van der Waals surface area contributed by atoms with E-state index in [2.05, 4.69) is 48.1 Å². The number of likely N-dealkylation sites (tertiary alicyclic amines) is 1. The van der Waals surface area contributed by atoms with Crippen LogP contribution in [0.15, 0.2) is 18.3 Å². The van der Waals surface area contributed by atoms with Crippen LogP contribution in [0.1, 0.15) is 58.1 Å². The highest BCUT2D eigenvalue weighted by atomic mass is 15.2. The van der Waals surface area contributed by atoms with E-state index in [1.165, 1.54) is 31.4 Å². The molecule has 1 aromatic rings. The van der Waals surface area contributed by atoms with E-state index < -0.39 is 0 Å². The minimum absolute atomic E-state index is 0.529. The summed E-state index contributed by atoms with van der Waals surface area (Å²) in [5.41, 5.74) is 1.38. The molecule has 3 nitrogen and oxygen atoms in total. The van der Waals surface area contributed by atoms with Crippen LogP contribution in [0.4, 0.5) is 5.82 Å². The number of aromatic nitrogens is 1. The van der Waals surface area contributed by atoms with Crippen LogP contribution in [-0.2, 0) is 0 Å². The maximum absolute atomic E-state index is 4.55. The zero-order chi connectivity index (χ0) is 13.7. The Morgan fingerprint density at radius 3 is 3.00 bits per heavy atom. The van der Waals surface area contributed by atoms with E-state index in [1.807, 2.05) is 6.20 Å². The molecule has 0 saturated carbocycles. The van der Waals surface area contributed by atoms with Crippen LogP contribution < -0.4 is 5.32 Å². The SMILES string of the molecule is CCCNc1ncccc1[C@H]1CCCCN1C(C)C. The number of nitrogens with zero attached hydrogens (tertiary/aromatic N) is 2. The summed E-state index contributed by atoms with van der Waals surface area (Å²) in [6.07, 6.45) is 6.94. The third-order valence-corrected chi connectivity index (χ3v) is 3.95. The van der Waals surface area contributed by atoms with Crippen LogP contribution in [0.2, 0.25) is 0 Å². The van der Waals surface area contributed by atoms with E-state index in [9.17, 15) is 0 Å². The van der Waals surface area contributed by atoms with Crippen LogP contribution in [0, 0.1) is 0 Å². The number of nitrogens with one attached hydrogen (secondary N) is 1. The summed E-state index contributed by atoms with van der Waals surface area (Å²) in [4.78, 5) is 7.17. The lowest BCUT2D eigenvalue weighted by molar-refractivity contribution is 0.112. The number of hydrogen-bond acceptors (Lipinski definition) is 3. The number of piperidine rings is 1. The summed E-state index contributed by atoms with van der Waals surface area (Å²) in [5, 5.41) is 3.48. The lowest BCUT2D eigenvalue weighted by atomic mass is 9.94. The molecule has 19 heavy (non-hydrogen) atoms. The minimum atomic E-state index is 0.529. The fourth-order valence-electron chi connectivity index (χ4n) is 2.98. The molecule has 0 aromatic carbocycles. The Morgan fingerprint density at radius 2 is 2.26 bits per heavy atom. The normalized spacial score (nSPS) is 20.7. The van der Waals surface area contributed by atoms with Crippen LogP contribution in [0.5, 0.6) is 0 Å². The van der Waals surface area contributed by atoms with Gasteiger partial charge in [0, 0.05) is 30.4 Å². The van der Waals surface area contributed by atoms with E-state index in [0.717, 1.165) is 18.8 Å². The maximum atomic E-state index is 4.55. The smallest absolute Gasteiger partial charge is 0.130 e. The molecule has 1 aliphatic heterocycles. The first-order valence-electron chi connectivity index (χ1n) is 7.68. The average Bonchev–Trinajstić information content (AvgIpc) is 2.45. The van der Waals surface area contributed by atoms with Crippen LogP contribution in [0.3, 0.4) is 0 Å². The maximum Gasteiger partial charge on any atom is 0.130 e. The van der Waals surface area contributed by atoms with Crippen LogP contribution in [-0.4, -0.2) is 29.0 Å². The molecule has 106 valence electrons. The molecule has 1 N–H and O–H groups in total. The molecular formula is C16H27N3. The van der Waals surface area contributed by atoms with Gasteiger partial charge in [-0.25, -0.2) is 4.98 Å².